The molecule has 0 bridgehead atoms. The maximum absolute atomic E-state index is 12.2. The van der Waals surface area contributed by atoms with Crippen LogP contribution in [-0.2, 0) is 16.0 Å². The molecule has 3 rings (SSSR count). The Labute approximate surface area is 179 Å². The van der Waals surface area contributed by atoms with Crippen LogP contribution < -0.4 is 10.6 Å². The zero-order chi connectivity index (χ0) is 22.1. The lowest BCUT2D eigenvalue weighted by Crippen LogP contribution is -2.13. The van der Waals surface area contributed by atoms with Crippen molar-refractivity contribution in [3.05, 3.63) is 106 Å². The van der Waals surface area contributed by atoms with E-state index in [1.165, 1.54) is 24.3 Å². The Hall–Kier alpha value is -4.26. The zero-order valence-corrected chi connectivity index (χ0v) is 16.7. The van der Waals surface area contributed by atoms with E-state index in [0.717, 1.165) is 5.56 Å². The van der Waals surface area contributed by atoms with E-state index < -0.39 is 4.92 Å². The second-order valence-corrected chi connectivity index (χ2v) is 6.79. The van der Waals surface area contributed by atoms with Gasteiger partial charge in [-0.25, -0.2) is 0 Å². The molecule has 0 aliphatic heterocycles. The highest BCUT2D eigenvalue weighted by molar-refractivity contribution is 6.02. The number of hydrogen-bond donors (Lipinski definition) is 2. The van der Waals surface area contributed by atoms with Gasteiger partial charge in [-0.05, 0) is 41.8 Å². The first-order valence-corrected chi connectivity index (χ1v) is 9.67. The quantitative estimate of drug-likeness (QED) is 0.313. The zero-order valence-electron chi connectivity index (χ0n) is 16.7. The maximum atomic E-state index is 12.2. The van der Waals surface area contributed by atoms with Crippen LogP contribution in [0.15, 0.2) is 84.9 Å². The second kappa shape index (κ2) is 10.5. The number of aryl methyl sites for hydroxylation is 1. The summed E-state index contributed by atoms with van der Waals surface area (Å²) in [4.78, 5) is 34.7. The fourth-order valence-corrected chi connectivity index (χ4v) is 2.90. The Morgan fingerprint density at radius 3 is 2.32 bits per heavy atom. The molecule has 31 heavy (non-hydrogen) atoms. The summed E-state index contributed by atoms with van der Waals surface area (Å²) >= 11 is 0. The molecule has 3 aromatic rings. The fraction of sp³-hybridized carbons (Fsp3) is 0.0833. The summed E-state index contributed by atoms with van der Waals surface area (Å²) in [5.41, 5.74) is 2.70. The van der Waals surface area contributed by atoms with Crippen molar-refractivity contribution in [2.24, 2.45) is 0 Å². The van der Waals surface area contributed by atoms with Crippen molar-refractivity contribution in [2.75, 3.05) is 10.6 Å². The number of anilines is 2. The molecule has 0 fully saturated rings. The first-order chi connectivity index (χ1) is 15.0. The molecule has 0 saturated carbocycles. The number of carbonyl (C=O) groups is 2. The van der Waals surface area contributed by atoms with Gasteiger partial charge in [-0.3, -0.25) is 19.7 Å². The Balaban J connectivity index is 1.54. The highest BCUT2D eigenvalue weighted by atomic mass is 16.6. The number of hydrogen-bond acceptors (Lipinski definition) is 4. The van der Waals surface area contributed by atoms with Crippen LogP contribution in [0, 0.1) is 10.1 Å². The van der Waals surface area contributed by atoms with Gasteiger partial charge in [-0.2, -0.15) is 0 Å². The summed E-state index contributed by atoms with van der Waals surface area (Å²) in [6.07, 6.45) is 3.79. The molecule has 0 unspecified atom stereocenters. The first kappa shape index (κ1) is 21.4. The van der Waals surface area contributed by atoms with Gasteiger partial charge in [0.2, 0.25) is 11.8 Å². The highest BCUT2D eigenvalue weighted by Crippen LogP contribution is 2.17. The van der Waals surface area contributed by atoms with E-state index in [1.54, 1.807) is 36.4 Å². The van der Waals surface area contributed by atoms with Gasteiger partial charge < -0.3 is 10.6 Å². The largest absolute Gasteiger partial charge is 0.326 e. The van der Waals surface area contributed by atoms with Crippen LogP contribution in [0.5, 0.6) is 0 Å². The van der Waals surface area contributed by atoms with Gasteiger partial charge in [-0.1, -0.05) is 48.5 Å². The number of non-ortho nitro benzene ring substituents is 1. The van der Waals surface area contributed by atoms with Crippen molar-refractivity contribution < 1.29 is 14.5 Å². The number of benzene rings is 3. The van der Waals surface area contributed by atoms with Crippen LogP contribution in [0.1, 0.15) is 17.5 Å². The molecule has 3 aromatic carbocycles. The van der Waals surface area contributed by atoms with Gasteiger partial charge in [0.25, 0.3) is 5.69 Å². The fourth-order valence-electron chi connectivity index (χ4n) is 2.90. The lowest BCUT2D eigenvalue weighted by atomic mass is 10.1. The average Bonchev–Trinajstić information content (AvgIpc) is 2.77. The lowest BCUT2D eigenvalue weighted by molar-refractivity contribution is -0.384. The Morgan fingerprint density at radius 1 is 0.871 bits per heavy atom. The minimum absolute atomic E-state index is 0.0433. The third-order valence-electron chi connectivity index (χ3n) is 4.41. The normalized spacial score (nSPS) is 10.6. The van der Waals surface area contributed by atoms with Gasteiger partial charge in [-0.15, -0.1) is 0 Å². The number of nitrogens with zero attached hydrogens (tertiary/aromatic N) is 1. The van der Waals surface area contributed by atoms with E-state index in [0.29, 0.717) is 29.8 Å². The van der Waals surface area contributed by atoms with Gasteiger partial charge in [0, 0.05) is 36.0 Å². The van der Waals surface area contributed by atoms with Crippen LogP contribution in [-0.4, -0.2) is 16.7 Å². The molecule has 2 N–H and O–H groups in total. The molecule has 0 radical (unpaired) electrons. The van der Waals surface area contributed by atoms with Crippen LogP contribution in [0.3, 0.4) is 0 Å². The topological polar surface area (TPSA) is 101 Å². The number of carbonyl (C=O) groups excluding carboxylic acids is 2. The number of nitrogens with one attached hydrogen (secondary N) is 2. The molecule has 7 nitrogen and oxygen atoms in total. The van der Waals surface area contributed by atoms with E-state index in [1.807, 2.05) is 30.3 Å². The third kappa shape index (κ3) is 6.93. The number of nitro benzene ring substituents is 1. The van der Waals surface area contributed by atoms with Gasteiger partial charge in [0.15, 0.2) is 0 Å². The van der Waals surface area contributed by atoms with Crippen molar-refractivity contribution >= 4 is 35.0 Å². The molecule has 0 spiro atoms. The Morgan fingerprint density at radius 2 is 1.58 bits per heavy atom. The van der Waals surface area contributed by atoms with E-state index in [2.05, 4.69) is 10.6 Å². The minimum Gasteiger partial charge on any atom is -0.326 e. The average molecular weight is 415 g/mol. The van der Waals surface area contributed by atoms with Crippen LogP contribution >= 0.6 is 0 Å². The van der Waals surface area contributed by atoms with Crippen molar-refractivity contribution in [3.8, 4) is 0 Å². The van der Waals surface area contributed by atoms with Crippen molar-refractivity contribution in [2.45, 2.75) is 12.8 Å². The molecule has 0 saturated heterocycles. The summed E-state index contributed by atoms with van der Waals surface area (Å²) in [5.74, 6) is -0.503. The van der Waals surface area contributed by atoms with Gasteiger partial charge in [0.1, 0.15) is 0 Å². The molecule has 0 aliphatic rings. The molecule has 2 amide bonds. The summed E-state index contributed by atoms with van der Waals surface area (Å²) in [5, 5.41) is 16.4. The molecule has 0 aliphatic carbocycles. The van der Waals surface area contributed by atoms with E-state index in [4.69, 9.17) is 0 Å². The summed E-state index contributed by atoms with van der Waals surface area (Å²) in [7, 11) is 0. The lowest BCUT2D eigenvalue weighted by Gasteiger charge is -2.08. The predicted octanol–water partition coefficient (Wildman–Crippen LogP) is 4.82. The predicted molar refractivity (Wildman–Crippen MR) is 121 cm³/mol. The SMILES string of the molecule is O=C(/C=C/c1cccc([N+](=O)[O-])c1)Nc1cccc(NC(=O)CCc2ccccc2)c1. The van der Waals surface area contributed by atoms with E-state index in [-0.39, 0.29) is 17.5 Å². The number of nitro groups is 1. The second-order valence-electron chi connectivity index (χ2n) is 6.79. The summed E-state index contributed by atoms with van der Waals surface area (Å²) in [6, 6.07) is 22.6. The Bertz CT molecular complexity index is 1110. The summed E-state index contributed by atoms with van der Waals surface area (Å²) in [6.45, 7) is 0. The van der Waals surface area contributed by atoms with Crippen LogP contribution in [0.2, 0.25) is 0 Å². The number of amides is 2. The monoisotopic (exact) mass is 415 g/mol. The highest BCUT2D eigenvalue weighted by Gasteiger charge is 2.06. The van der Waals surface area contributed by atoms with E-state index >= 15 is 0 Å². The van der Waals surface area contributed by atoms with Crippen molar-refractivity contribution in [1.29, 1.82) is 0 Å². The molecular formula is C24H21N3O4. The van der Waals surface area contributed by atoms with Crippen LogP contribution in [0.25, 0.3) is 6.08 Å². The van der Waals surface area contributed by atoms with Crippen molar-refractivity contribution in [3.63, 3.8) is 0 Å². The molecule has 7 heteroatoms. The Kier molecular flexibility index (Phi) is 7.26. The molecule has 156 valence electrons. The first-order valence-electron chi connectivity index (χ1n) is 9.67. The van der Waals surface area contributed by atoms with E-state index in [9.17, 15) is 19.7 Å². The van der Waals surface area contributed by atoms with Gasteiger partial charge in [0.05, 0.1) is 4.92 Å². The smallest absolute Gasteiger partial charge is 0.270 e. The molecule has 0 atom stereocenters. The van der Waals surface area contributed by atoms with Crippen LogP contribution in [0.4, 0.5) is 17.1 Å². The molecular weight excluding hydrogens is 394 g/mol. The third-order valence-corrected chi connectivity index (χ3v) is 4.41. The standard InChI is InChI=1S/C24H21N3O4/c28-23(14-12-18-6-2-1-3-7-18)25-20-9-5-10-21(17-20)26-24(29)15-13-19-8-4-11-22(16-19)27(30)31/h1-11,13,15-17H,12,14H2,(H,25,28)(H,26,29)/b15-13+. The minimum atomic E-state index is -0.489. The van der Waals surface area contributed by atoms with Crippen molar-refractivity contribution in [1.82, 2.24) is 0 Å². The van der Waals surface area contributed by atoms with Gasteiger partial charge >= 0.3 is 0 Å². The molecule has 0 heterocycles. The maximum Gasteiger partial charge on any atom is 0.270 e. The number of rotatable bonds is 8. The summed E-state index contributed by atoms with van der Waals surface area (Å²) < 4.78 is 0. The molecule has 0 aromatic heterocycles.